The predicted molar refractivity (Wildman–Crippen MR) is 107 cm³/mol. The average Bonchev–Trinajstić information content (AvgIpc) is 3.04. The number of methoxy groups -OCH3 is 1. The number of hydrogen-bond donors (Lipinski definition) is 0. The lowest BCUT2D eigenvalue weighted by Crippen LogP contribution is -2.10. The molecule has 0 fully saturated rings. The minimum atomic E-state index is -0.0405. The van der Waals surface area contributed by atoms with Crippen molar-refractivity contribution in [3.05, 3.63) is 42.4 Å². The summed E-state index contributed by atoms with van der Waals surface area (Å²) in [6.07, 6.45) is 3.54. The van der Waals surface area contributed by atoms with Gasteiger partial charge in [-0.05, 0) is 36.2 Å². The Morgan fingerprint density at radius 2 is 1.92 bits per heavy atom. The molecular weight excluding hydrogens is 348 g/mol. The molecule has 0 bridgehead atoms. The standard InChI is InChI=1S/C17H18N4O2S.C2H6/c1-11(22)14-7-6-13(10-18-14)24-21(3)17-15(23-4)8-5-12-9-19-20(2)16(12)17;1-2/h5-10H,1-4H3;1-2H3. The SMILES string of the molecule is CC.COc1ccc2cnn(C)c2c1N(C)Sc1ccc(C(C)=O)nc1. The Kier molecular flexibility index (Phi) is 6.63. The summed E-state index contributed by atoms with van der Waals surface area (Å²) in [5.74, 6) is 0.732. The fourth-order valence-corrected chi connectivity index (χ4v) is 3.36. The van der Waals surface area contributed by atoms with Gasteiger partial charge in [-0.25, -0.2) is 0 Å². The second kappa shape index (κ2) is 8.71. The van der Waals surface area contributed by atoms with Gasteiger partial charge in [0, 0.05) is 37.5 Å². The number of fused-ring (bicyclic) bond motifs is 1. The molecule has 7 heteroatoms. The molecule has 0 aliphatic carbocycles. The van der Waals surface area contributed by atoms with Crippen molar-refractivity contribution in [2.75, 3.05) is 18.5 Å². The van der Waals surface area contributed by atoms with Crippen LogP contribution in [0.3, 0.4) is 0 Å². The van der Waals surface area contributed by atoms with Crippen molar-refractivity contribution in [2.24, 2.45) is 7.05 Å². The van der Waals surface area contributed by atoms with Gasteiger partial charge in [-0.2, -0.15) is 5.10 Å². The molecule has 0 spiro atoms. The van der Waals surface area contributed by atoms with Gasteiger partial charge in [0.05, 0.1) is 18.8 Å². The second-order valence-corrected chi connectivity index (χ2v) is 6.55. The summed E-state index contributed by atoms with van der Waals surface area (Å²) in [6.45, 7) is 5.51. The monoisotopic (exact) mass is 372 g/mol. The van der Waals surface area contributed by atoms with Crippen LogP contribution in [-0.4, -0.2) is 34.7 Å². The zero-order valence-corrected chi connectivity index (χ0v) is 16.8. The Morgan fingerprint density at radius 3 is 2.50 bits per heavy atom. The fourth-order valence-electron chi connectivity index (χ4n) is 2.54. The zero-order valence-electron chi connectivity index (χ0n) is 16.0. The lowest BCUT2D eigenvalue weighted by Gasteiger charge is -2.21. The van der Waals surface area contributed by atoms with E-state index in [-0.39, 0.29) is 5.78 Å². The smallest absolute Gasteiger partial charge is 0.178 e. The summed E-state index contributed by atoms with van der Waals surface area (Å²) in [6, 6.07) is 7.56. The van der Waals surface area contributed by atoms with E-state index in [1.54, 1.807) is 19.4 Å². The van der Waals surface area contributed by atoms with Gasteiger partial charge < -0.3 is 9.04 Å². The quantitative estimate of drug-likeness (QED) is 0.490. The van der Waals surface area contributed by atoms with Crippen molar-refractivity contribution in [1.82, 2.24) is 14.8 Å². The minimum Gasteiger partial charge on any atom is -0.494 e. The third kappa shape index (κ3) is 3.99. The summed E-state index contributed by atoms with van der Waals surface area (Å²) >= 11 is 1.51. The second-order valence-electron chi connectivity index (χ2n) is 5.35. The fraction of sp³-hybridized carbons (Fsp3) is 0.316. The first kappa shape index (κ1) is 19.8. The zero-order chi connectivity index (χ0) is 19.3. The van der Waals surface area contributed by atoms with Gasteiger partial charge in [0.15, 0.2) is 5.78 Å². The molecule has 26 heavy (non-hydrogen) atoms. The van der Waals surface area contributed by atoms with Crippen LogP contribution in [0.25, 0.3) is 10.9 Å². The summed E-state index contributed by atoms with van der Waals surface area (Å²) < 4.78 is 9.39. The first-order valence-electron chi connectivity index (χ1n) is 8.38. The molecule has 0 amide bonds. The summed E-state index contributed by atoms with van der Waals surface area (Å²) in [4.78, 5) is 16.5. The normalized spacial score (nSPS) is 10.2. The van der Waals surface area contributed by atoms with Crippen LogP contribution in [0.2, 0.25) is 0 Å². The van der Waals surface area contributed by atoms with Crippen molar-refractivity contribution in [1.29, 1.82) is 0 Å². The number of Topliss-reactive ketones (excluding diaryl/α,β-unsaturated/α-hetero) is 1. The molecule has 0 aliphatic rings. The molecule has 3 rings (SSSR count). The molecule has 0 atom stereocenters. The molecule has 138 valence electrons. The molecule has 2 aromatic heterocycles. The van der Waals surface area contributed by atoms with Crippen molar-refractivity contribution >= 4 is 34.3 Å². The van der Waals surface area contributed by atoms with Crippen LogP contribution < -0.4 is 9.04 Å². The van der Waals surface area contributed by atoms with Gasteiger partial charge in [-0.1, -0.05) is 13.8 Å². The summed E-state index contributed by atoms with van der Waals surface area (Å²) in [5, 5.41) is 5.37. The number of carbonyl (C=O) groups excluding carboxylic acids is 1. The Morgan fingerprint density at radius 1 is 1.19 bits per heavy atom. The van der Waals surface area contributed by atoms with E-state index in [4.69, 9.17) is 4.74 Å². The van der Waals surface area contributed by atoms with Crippen LogP contribution in [0.5, 0.6) is 5.75 Å². The van der Waals surface area contributed by atoms with Crippen LogP contribution in [0.4, 0.5) is 5.69 Å². The third-order valence-electron chi connectivity index (χ3n) is 3.71. The number of aryl methyl sites for hydroxylation is 1. The van der Waals surface area contributed by atoms with Crippen molar-refractivity contribution in [3.8, 4) is 5.75 Å². The van der Waals surface area contributed by atoms with E-state index in [9.17, 15) is 4.79 Å². The Labute approximate surface area is 158 Å². The van der Waals surface area contributed by atoms with Crippen molar-refractivity contribution < 1.29 is 9.53 Å². The molecule has 0 N–H and O–H groups in total. The third-order valence-corrected chi connectivity index (χ3v) is 4.62. The van der Waals surface area contributed by atoms with Crippen LogP contribution in [0.1, 0.15) is 31.3 Å². The van der Waals surface area contributed by atoms with E-state index >= 15 is 0 Å². The highest BCUT2D eigenvalue weighted by Gasteiger charge is 2.17. The highest BCUT2D eigenvalue weighted by Crippen LogP contribution is 2.39. The van der Waals surface area contributed by atoms with Gasteiger partial charge in [0.1, 0.15) is 17.1 Å². The molecule has 0 unspecified atom stereocenters. The molecule has 3 aromatic rings. The van der Waals surface area contributed by atoms with Crippen LogP contribution in [0, 0.1) is 0 Å². The lowest BCUT2D eigenvalue weighted by molar-refractivity contribution is 0.101. The Bertz CT molecular complexity index is 890. The average molecular weight is 372 g/mol. The summed E-state index contributed by atoms with van der Waals surface area (Å²) in [5.41, 5.74) is 2.40. The number of carbonyl (C=O) groups is 1. The van der Waals surface area contributed by atoms with Gasteiger partial charge in [0.25, 0.3) is 0 Å². The summed E-state index contributed by atoms with van der Waals surface area (Å²) in [7, 11) is 5.53. The highest BCUT2D eigenvalue weighted by molar-refractivity contribution is 8.00. The number of ketones is 1. The molecule has 0 saturated heterocycles. The maximum atomic E-state index is 11.3. The van der Waals surface area contributed by atoms with Crippen molar-refractivity contribution in [2.45, 2.75) is 25.7 Å². The number of nitrogens with zero attached hydrogens (tertiary/aromatic N) is 4. The topological polar surface area (TPSA) is 60.2 Å². The first-order valence-corrected chi connectivity index (χ1v) is 9.16. The maximum Gasteiger partial charge on any atom is 0.178 e. The van der Waals surface area contributed by atoms with Crippen molar-refractivity contribution in [3.63, 3.8) is 0 Å². The molecule has 0 radical (unpaired) electrons. The van der Waals surface area contributed by atoms with Gasteiger partial charge in [-0.15, -0.1) is 0 Å². The molecular formula is C19H24N4O2S. The largest absolute Gasteiger partial charge is 0.494 e. The van der Waals surface area contributed by atoms with E-state index in [2.05, 4.69) is 10.1 Å². The highest BCUT2D eigenvalue weighted by atomic mass is 32.2. The predicted octanol–water partition coefficient (Wildman–Crippen LogP) is 4.35. The number of aromatic nitrogens is 3. The first-order chi connectivity index (χ1) is 12.5. The number of hydrogen-bond acceptors (Lipinski definition) is 6. The van der Waals surface area contributed by atoms with Crippen LogP contribution in [0.15, 0.2) is 41.6 Å². The number of benzene rings is 1. The molecule has 6 nitrogen and oxygen atoms in total. The number of rotatable bonds is 5. The maximum absolute atomic E-state index is 11.3. The van der Waals surface area contributed by atoms with E-state index in [1.807, 2.05) is 61.3 Å². The van der Waals surface area contributed by atoms with Crippen LogP contribution >= 0.6 is 11.9 Å². The molecule has 0 saturated carbocycles. The molecule has 1 aromatic carbocycles. The van der Waals surface area contributed by atoms with Crippen LogP contribution in [-0.2, 0) is 7.05 Å². The Hall–Kier alpha value is -2.54. The minimum absolute atomic E-state index is 0.0405. The van der Waals surface area contributed by atoms with E-state index < -0.39 is 0 Å². The van der Waals surface area contributed by atoms with E-state index in [0.29, 0.717) is 5.69 Å². The number of pyridine rings is 1. The van der Waals surface area contributed by atoms with Gasteiger partial charge in [0.2, 0.25) is 0 Å². The molecule has 0 aliphatic heterocycles. The van der Waals surface area contributed by atoms with E-state index in [1.165, 1.54) is 18.9 Å². The van der Waals surface area contributed by atoms with Gasteiger partial charge in [-0.3, -0.25) is 14.5 Å². The Balaban J connectivity index is 0.00000117. The lowest BCUT2D eigenvalue weighted by atomic mass is 10.2. The van der Waals surface area contributed by atoms with Gasteiger partial charge >= 0.3 is 0 Å². The van der Waals surface area contributed by atoms with E-state index in [0.717, 1.165) is 27.2 Å². The number of ether oxygens (including phenoxy) is 1. The number of anilines is 1. The molecule has 2 heterocycles.